The predicted molar refractivity (Wildman–Crippen MR) is 51.5 cm³/mol. The van der Waals surface area contributed by atoms with Crippen molar-refractivity contribution in [2.24, 2.45) is 0 Å². The van der Waals surface area contributed by atoms with Crippen LogP contribution >= 0.6 is 0 Å². The van der Waals surface area contributed by atoms with Crippen LogP contribution in [0.4, 0.5) is 17.6 Å². The van der Waals surface area contributed by atoms with E-state index in [2.05, 4.69) is 10.1 Å². The minimum atomic E-state index is -4.49. The van der Waals surface area contributed by atoms with Crippen LogP contribution in [0.1, 0.15) is 13.3 Å². The molecule has 0 aromatic heterocycles. The number of alkyl halides is 4. The molecule has 1 atom stereocenters. The van der Waals surface area contributed by atoms with Gasteiger partial charge in [-0.2, -0.15) is 8.78 Å². The minimum absolute atomic E-state index is 0.0470. The molecule has 0 aromatic carbocycles. The van der Waals surface area contributed by atoms with Crippen molar-refractivity contribution in [1.82, 2.24) is 5.32 Å². The first-order valence-corrected chi connectivity index (χ1v) is 4.81. The second-order valence-corrected chi connectivity index (χ2v) is 3.46. The highest BCUT2D eigenvalue weighted by atomic mass is 19.3. The zero-order valence-corrected chi connectivity index (χ0v) is 8.92. The lowest BCUT2D eigenvalue weighted by molar-refractivity contribution is -0.311. The highest BCUT2D eigenvalue weighted by Crippen LogP contribution is 2.28. The molecule has 1 aliphatic carbocycles. The van der Waals surface area contributed by atoms with Crippen LogP contribution in [0.15, 0.2) is 23.9 Å². The molecule has 0 bridgehead atoms. The minimum Gasteiger partial charge on any atom is -0.327 e. The summed E-state index contributed by atoms with van der Waals surface area (Å²) in [5.41, 5.74) is 0.249. The summed E-state index contributed by atoms with van der Waals surface area (Å²) in [5.74, 6) is -0.387. The van der Waals surface area contributed by atoms with Crippen LogP contribution < -0.4 is 5.32 Å². The Morgan fingerprint density at radius 1 is 1.59 bits per heavy atom. The van der Waals surface area contributed by atoms with Crippen molar-refractivity contribution < 1.29 is 27.1 Å². The molecule has 1 rings (SSSR count). The first kappa shape index (κ1) is 13.7. The molecule has 1 unspecified atom stereocenters. The summed E-state index contributed by atoms with van der Waals surface area (Å²) in [6, 6.07) is 0. The molecule has 0 fully saturated rings. The van der Waals surface area contributed by atoms with Gasteiger partial charge in [-0.25, -0.2) is 8.78 Å². The van der Waals surface area contributed by atoms with Crippen molar-refractivity contribution in [2.45, 2.75) is 32.0 Å². The van der Waals surface area contributed by atoms with Crippen molar-refractivity contribution >= 4 is 5.91 Å². The van der Waals surface area contributed by atoms with Gasteiger partial charge in [0.15, 0.2) is 0 Å². The van der Waals surface area contributed by atoms with E-state index in [9.17, 15) is 22.4 Å². The van der Waals surface area contributed by atoms with Gasteiger partial charge in [0.1, 0.15) is 0 Å². The molecule has 0 radical (unpaired) electrons. The average molecular weight is 253 g/mol. The third-order valence-corrected chi connectivity index (χ3v) is 1.91. The summed E-state index contributed by atoms with van der Waals surface area (Å²) in [6.07, 6.45) is -5.41. The van der Waals surface area contributed by atoms with E-state index < -0.39 is 18.6 Å². The normalized spacial score (nSPS) is 20.4. The Bertz CT molecular complexity index is 352. The van der Waals surface area contributed by atoms with Crippen molar-refractivity contribution in [3.63, 3.8) is 0 Å². The van der Waals surface area contributed by atoms with E-state index >= 15 is 0 Å². The monoisotopic (exact) mass is 253 g/mol. The van der Waals surface area contributed by atoms with Crippen molar-refractivity contribution in [3.8, 4) is 0 Å². The number of hydrogen-bond donors (Lipinski definition) is 1. The molecule has 3 nitrogen and oxygen atoms in total. The molecule has 0 aromatic rings. The van der Waals surface area contributed by atoms with Gasteiger partial charge in [0.2, 0.25) is 5.91 Å². The molecular weight excluding hydrogens is 242 g/mol. The zero-order valence-electron chi connectivity index (χ0n) is 8.92. The lowest BCUT2D eigenvalue weighted by Gasteiger charge is -2.23. The summed E-state index contributed by atoms with van der Waals surface area (Å²) in [6.45, 7) is 1.24. The number of halogens is 4. The van der Waals surface area contributed by atoms with Crippen LogP contribution in [-0.2, 0) is 9.53 Å². The first-order chi connectivity index (χ1) is 7.81. The fraction of sp³-hybridized carbons (Fsp3) is 0.500. The predicted octanol–water partition coefficient (Wildman–Crippen LogP) is 2.21. The number of carbonyl (C=O) groups is 1. The molecule has 0 spiro atoms. The first-order valence-electron chi connectivity index (χ1n) is 4.81. The van der Waals surface area contributed by atoms with E-state index in [0.29, 0.717) is 0 Å². The smallest absolute Gasteiger partial charge is 0.327 e. The third-order valence-electron chi connectivity index (χ3n) is 1.91. The van der Waals surface area contributed by atoms with Crippen LogP contribution in [0.25, 0.3) is 0 Å². The highest BCUT2D eigenvalue weighted by molar-refractivity contribution is 5.75. The summed E-state index contributed by atoms with van der Waals surface area (Å²) < 4.78 is 53.0. The van der Waals surface area contributed by atoms with Gasteiger partial charge in [0.05, 0.1) is 6.10 Å². The Morgan fingerprint density at radius 3 is 2.76 bits per heavy atom. The molecule has 0 saturated heterocycles. The van der Waals surface area contributed by atoms with Crippen molar-refractivity contribution in [1.29, 1.82) is 0 Å². The van der Waals surface area contributed by atoms with Gasteiger partial charge in [-0.15, -0.1) is 0 Å². The number of nitrogens with one attached hydrogen (secondary N) is 1. The maximum absolute atomic E-state index is 12.6. The molecule has 96 valence electrons. The van der Waals surface area contributed by atoms with Gasteiger partial charge in [0.25, 0.3) is 0 Å². The van der Waals surface area contributed by atoms with Crippen LogP contribution in [0.2, 0.25) is 0 Å². The van der Waals surface area contributed by atoms with E-state index in [1.807, 2.05) is 0 Å². The second-order valence-electron chi connectivity index (χ2n) is 3.46. The summed E-state index contributed by atoms with van der Waals surface area (Å²) in [7, 11) is 0. The van der Waals surface area contributed by atoms with E-state index in [1.165, 1.54) is 19.1 Å². The standard InChI is InChI=1S/C10H11F4NO2/c1-6(16)15-7-3-2-4-8(5-7)17-10(13,14)9(11)12/h2-3,5,8-9H,4H2,1H3,(H,15,16). The maximum Gasteiger partial charge on any atom is 0.417 e. The molecule has 0 heterocycles. The molecule has 0 saturated carbocycles. The van der Waals surface area contributed by atoms with Crippen molar-refractivity contribution in [3.05, 3.63) is 23.9 Å². The molecule has 1 aliphatic rings. The quantitative estimate of drug-likeness (QED) is 0.780. The van der Waals surface area contributed by atoms with Crippen LogP contribution in [0, 0.1) is 0 Å². The lowest BCUT2D eigenvalue weighted by atomic mass is 10.1. The molecular formula is C10H11F4NO2. The van der Waals surface area contributed by atoms with Gasteiger partial charge in [0, 0.05) is 12.6 Å². The molecule has 17 heavy (non-hydrogen) atoms. The molecule has 0 aliphatic heterocycles. The Hall–Kier alpha value is -1.37. The van der Waals surface area contributed by atoms with E-state index in [0.717, 1.165) is 6.08 Å². The Kier molecular flexibility index (Phi) is 4.28. The van der Waals surface area contributed by atoms with Crippen LogP contribution in [0.3, 0.4) is 0 Å². The number of allylic oxidation sites excluding steroid dienone is 1. The molecule has 1 N–H and O–H groups in total. The van der Waals surface area contributed by atoms with Crippen LogP contribution in [-0.4, -0.2) is 24.5 Å². The van der Waals surface area contributed by atoms with Gasteiger partial charge >= 0.3 is 12.5 Å². The van der Waals surface area contributed by atoms with Gasteiger partial charge < -0.3 is 10.1 Å². The lowest BCUT2D eigenvalue weighted by Crippen LogP contribution is -2.35. The summed E-state index contributed by atoms with van der Waals surface area (Å²) in [5, 5.41) is 2.35. The fourth-order valence-electron chi connectivity index (χ4n) is 1.27. The van der Waals surface area contributed by atoms with Crippen molar-refractivity contribution in [2.75, 3.05) is 0 Å². The topological polar surface area (TPSA) is 38.3 Å². The number of amides is 1. The molecule has 7 heteroatoms. The zero-order chi connectivity index (χ0) is 13.1. The van der Waals surface area contributed by atoms with Gasteiger partial charge in [-0.3, -0.25) is 4.79 Å². The largest absolute Gasteiger partial charge is 0.417 e. The Morgan fingerprint density at radius 2 is 2.24 bits per heavy atom. The number of rotatable bonds is 4. The highest BCUT2D eigenvalue weighted by Gasteiger charge is 2.44. The summed E-state index contributed by atoms with van der Waals surface area (Å²) in [4.78, 5) is 10.7. The Labute approximate surface area is 95.1 Å². The average Bonchev–Trinajstić information content (AvgIpc) is 2.15. The van der Waals surface area contributed by atoms with Crippen LogP contribution in [0.5, 0.6) is 0 Å². The fourth-order valence-corrected chi connectivity index (χ4v) is 1.27. The summed E-state index contributed by atoms with van der Waals surface area (Å²) >= 11 is 0. The number of carbonyl (C=O) groups excluding carboxylic acids is 1. The third kappa shape index (κ3) is 4.18. The molecule has 1 amide bonds. The van der Waals surface area contributed by atoms with Gasteiger partial charge in [-0.05, 0) is 18.6 Å². The van der Waals surface area contributed by atoms with E-state index in [-0.39, 0.29) is 18.0 Å². The SMILES string of the molecule is CC(=O)NC1=CC(OC(F)(F)C(F)F)CC=C1. The number of hydrogen-bond acceptors (Lipinski definition) is 2. The number of ether oxygens (including phenoxy) is 1. The van der Waals surface area contributed by atoms with E-state index in [1.54, 1.807) is 0 Å². The Balaban J connectivity index is 2.65. The van der Waals surface area contributed by atoms with E-state index in [4.69, 9.17) is 0 Å². The second kappa shape index (κ2) is 5.31. The van der Waals surface area contributed by atoms with Gasteiger partial charge in [-0.1, -0.05) is 6.08 Å². The maximum atomic E-state index is 12.6.